The molecule has 0 aromatic rings. The SMILES string of the molecule is O[C@@H]1[C@H]2CN[C@H](C2)[C@@H]1O. The van der Waals surface area contributed by atoms with Gasteiger partial charge in [-0.15, -0.1) is 0 Å². The van der Waals surface area contributed by atoms with Gasteiger partial charge in [-0.2, -0.15) is 0 Å². The minimum absolute atomic E-state index is 0.171. The highest BCUT2D eigenvalue weighted by Crippen LogP contribution is 2.31. The van der Waals surface area contributed by atoms with Crippen molar-refractivity contribution in [1.29, 1.82) is 0 Å². The lowest BCUT2D eigenvalue weighted by Gasteiger charge is -2.22. The average Bonchev–Trinajstić information content (AvgIpc) is 2.37. The number of fused-ring (bicyclic) bond motifs is 2. The van der Waals surface area contributed by atoms with Crippen LogP contribution in [0.4, 0.5) is 0 Å². The van der Waals surface area contributed by atoms with Gasteiger partial charge in [-0.25, -0.2) is 0 Å². The molecule has 1 saturated carbocycles. The summed E-state index contributed by atoms with van der Waals surface area (Å²) in [5, 5.41) is 21.5. The first-order valence-corrected chi connectivity index (χ1v) is 3.38. The van der Waals surface area contributed by atoms with Crippen LogP contribution in [0.5, 0.6) is 0 Å². The van der Waals surface area contributed by atoms with Gasteiger partial charge in [-0.05, 0) is 6.42 Å². The molecule has 2 aliphatic rings. The van der Waals surface area contributed by atoms with Gasteiger partial charge in [0, 0.05) is 18.5 Å². The van der Waals surface area contributed by atoms with Crippen LogP contribution in [0, 0.1) is 5.92 Å². The van der Waals surface area contributed by atoms with Crippen LogP contribution >= 0.6 is 0 Å². The van der Waals surface area contributed by atoms with Gasteiger partial charge in [0.1, 0.15) is 0 Å². The van der Waals surface area contributed by atoms with Crippen LogP contribution < -0.4 is 5.32 Å². The molecule has 3 nitrogen and oxygen atoms in total. The number of rotatable bonds is 0. The molecule has 3 N–H and O–H groups in total. The maximum absolute atomic E-state index is 9.20. The minimum atomic E-state index is -0.510. The van der Waals surface area contributed by atoms with Crippen molar-refractivity contribution in [3.05, 3.63) is 0 Å². The van der Waals surface area contributed by atoms with Crippen molar-refractivity contribution in [2.24, 2.45) is 5.92 Å². The molecule has 1 aliphatic heterocycles. The quantitative estimate of drug-likeness (QED) is 0.381. The number of aliphatic hydroxyl groups excluding tert-OH is 2. The van der Waals surface area contributed by atoms with Crippen molar-refractivity contribution in [2.45, 2.75) is 24.7 Å². The van der Waals surface area contributed by atoms with E-state index in [2.05, 4.69) is 5.32 Å². The summed E-state index contributed by atoms with van der Waals surface area (Å²) in [7, 11) is 0. The Labute approximate surface area is 53.7 Å². The van der Waals surface area contributed by atoms with Gasteiger partial charge >= 0.3 is 0 Å². The normalized spacial score (nSPS) is 56.7. The third-order valence-electron chi connectivity index (χ3n) is 2.44. The number of piperidine rings is 1. The molecular weight excluding hydrogens is 118 g/mol. The Kier molecular flexibility index (Phi) is 1.06. The highest BCUT2D eigenvalue weighted by molar-refractivity contribution is 5.01. The standard InChI is InChI=1S/C6H11NO2/c8-5-3-1-4(6(5)9)7-2-3/h3-9H,1-2H2/t3-,4-,5-,6+/m1/s1. The Bertz CT molecular complexity index is 110. The Morgan fingerprint density at radius 1 is 1.22 bits per heavy atom. The van der Waals surface area contributed by atoms with Crippen molar-refractivity contribution in [2.75, 3.05) is 6.54 Å². The Morgan fingerprint density at radius 2 is 2.00 bits per heavy atom. The summed E-state index contributed by atoms with van der Waals surface area (Å²) in [4.78, 5) is 0. The first-order chi connectivity index (χ1) is 4.29. The highest BCUT2D eigenvalue weighted by Gasteiger charge is 2.45. The summed E-state index contributed by atoms with van der Waals surface area (Å²) < 4.78 is 0. The molecule has 2 fully saturated rings. The Morgan fingerprint density at radius 3 is 2.33 bits per heavy atom. The van der Waals surface area contributed by atoms with Gasteiger partial charge in [-0.3, -0.25) is 0 Å². The maximum Gasteiger partial charge on any atom is 0.0954 e. The topological polar surface area (TPSA) is 52.5 Å². The molecule has 0 radical (unpaired) electrons. The van der Waals surface area contributed by atoms with Crippen LogP contribution in [0.1, 0.15) is 6.42 Å². The lowest BCUT2D eigenvalue weighted by Crippen LogP contribution is -2.45. The van der Waals surface area contributed by atoms with Crippen LogP contribution in [0.2, 0.25) is 0 Å². The van der Waals surface area contributed by atoms with E-state index in [4.69, 9.17) is 0 Å². The minimum Gasteiger partial charge on any atom is -0.390 e. The van der Waals surface area contributed by atoms with Crippen LogP contribution in [0.25, 0.3) is 0 Å². The molecule has 52 valence electrons. The number of hydrogen-bond donors (Lipinski definition) is 3. The van der Waals surface area contributed by atoms with Gasteiger partial charge in [0.15, 0.2) is 0 Å². The molecule has 0 aromatic heterocycles. The molecule has 0 amide bonds. The first kappa shape index (κ1) is 5.65. The van der Waals surface area contributed by atoms with E-state index in [1.807, 2.05) is 0 Å². The van der Waals surface area contributed by atoms with Crippen molar-refractivity contribution in [3.8, 4) is 0 Å². The van der Waals surface area contributed by atoms with Gasteiger partial charge in [0.2, 0.25) is 0 Å². The maximum atomic E-state index is 9.20. The van der Waals surface area contributed by atoms with E-state index >= 15 is 0 Å². The zero-order valence-electron chi connectivity index (χ0n) is 5.12. The lowest BCUT2D eigenvalue weighted by atomic mass is 10.1. The summed E-state index contributed by atoms with van der Waals surface area (Å²) in [6.07, 6.45) is -0.0255. The van der Waals surface area contributed by atoms with Crippen LogP contribution in [-0.2, 0) is 0 Å². The summed E-state index contributed by atoms with van der Waals surface area (Å²) in [5.41, 5.74) is 0. The second kappa shape index (κ2) is 1.68. The third kappa shape index (κ3) is 0.625. The smallest absolute Gasteiger partial charge is 0.0954 e. The predicted molar refractivity (Wildman–Crippen MR) is 31.9 cm³/mol. The third-order valence-corrected chi connectivity index (χ3v) is 2.44. The molecular formula is C6H11NO2. The van der Waals surface area contributed by atoms with Crippen LogP contribution in [0.3, 0.4) is 0 Å². The van der Waals surface area contributed by atoms with Crippen molar-refractivity contribution in [3.63, 3.8) is 0 Å². The predicted octanol–water partition coefficient (Wildman–Crippen LogP) is -1.30. The van der Waals surface area contributed by atoms with E-state index in [0.29, 0.717) is 5.92 Å². The molecule has 4 atom stereocenters. The molecule has 0 unspecified atom stereocenters. The van der Waals surface area contributed by atoms with Crippen LogP contribution in [-0.4, -0.2) is 35.0 Å². The zero-order chi connectivity index (χ0) is 6.43. The molecule has 1 aliphatic carbocycles. The molecule has 9 heavy (non-hydrogen) atoms. The Balaban J connectivity index is 2.15. The summed E-state index contributed by atoms with van der Waals surface area (Å²) in [6, 6.07) is 0.171. The molecule has 1 saturated heterocycles. The fourth-order valence-electron chi connectivity index (χ4n) is 1.83. The number of aliphatic hydroxyl groups is 2. The van der Waals surface area contributed by atoms with E-state index in [-0.39, 0.29) is 6.04 Å². The molecule has 0 aromatic carbocycles. The first-order valence-electron chi connectivity index (χ1n) is 3.38. The summed E-state index contributed by atoms with van der Waals surface area (Å²) in [5.74, 6) is 0.310. The molecule has 2 rings (SSSR count). The lowest BCUT2D eigenvalue weighted by molar-refractivity contribution is -0.00445. The second-order valence-electron chi connectivity index (χ2n) is 2.99. The van der Waals surface area contributed by atoms with Crippen molar-refractivity contribution in [1.82, 2.24) is 5.32 Å². The van der Waals surface area contributed by atoms with Gasteiger partial charge in [0.05, 0.1) is 12.2 Å². The molecule has 0 spiro atoms. The number of nitrogens with one attached hydrogen (secondary N) is 1. The second-order valence-corrected chi connectivity index (χ2v) is 2.99. The monoisotopic (exact) mass is 129 g/mol. The van der Waals surface area contributed by atoms with Gasteiger partial charge in [0.25, 0.3) is 0 Å². The molecule has 2 bridgehead atoms. The zero-order valence-corrected chi connectivity index (χ0v) is 5.12. The van der Waals surface area contributed by atoms with E-state index in [9.17, 15) is 10.2 Å². The molecule has 3 heteroatoms. The van der Waals surface area contributed by atoms with E-state index in [1.165, 1.54) is 0 Å². The summed E-state index contributed by atoms with van der Waals surface area (Å²) >= 11 is 0. The fraction of sp³-hybridized carbons (Fsp3) is 1.00. The molecule has 1 heterocycles. The average molecular weight is 129 g/mol. The highest BCUT2D eigenvalue weighted by atomic mass is 16.3. The number of hydrogen-bond acceptors (Lipinski definition) is 3. The van der Waals surface area contributed by atoms with Gasteiger partial charge in [-0.1, -0.05) is 0 Å². The van der Waals surface area contributed by atoms with E-state index in [0.717, 1.165) is 13.0 Å². The van der Waals surface area contributed by atoms with Crippen molar-refractivity contribution < 1.29 is 10.2 Å². The van der Waals surface area contributed by atoms with Crippen LogP contribution in [0.15, 0.2) is 0 Å². The van der Waals surface area contributed by atoms with E-state index < -0.39 is 12.2 Å². The van der Waals surface area contributed by atoms with E-state index in [1.54, 1.807) is 0 Å². The Hall–Kier alpha value is -0.120. The largest absolute Gasteiger partial charge is 0.390 e. The van der Waals surface area contributed by atoms with Gasteiger partial charge < -0.3 is 15.5 Å². The summed E-state index contributed by atoms with van der Waals surface area (Å²) in [6.45, 7) is 0.878. The fourth-order valence-corrected chi connectivity index (χ4v) is 1.83. The van der Waals surface area contributed by atoms with Crippen molar-refractivity contribution >= 4 is 0 Å².